The molecule has 0 aromatic heterocycles. The number of nitrogens with one attached hydrogen (secondary N) is 1. The molecule has 2 aromatic carbocycles. The van der Waals surface area contributed by atoms with Crippen LogP contribution in [-0.2, 0) is 15.0 Å². The van der Waals surface area contributed by atoms with Crippen molar-refractivity contribution in [3.63, 3.8) is 0 Å². The lowest BCUT2D eigenvalue weighted by molar-refractivity contribution is -0.123. The Morgan fingerprint density at radius 2 is 1.63 bits per heavy atom. The summed E-state index contributed by atoms with van der Waals surface area (Å²) in [4.78, 5) is 25.6. The molecule has 0 heterocycles. The molecule has 2 rings (SSSR count). The third kappa shape index (κ3) is 6.44. The van der Waals surface area contributed by atoms with Crippen LogP contribution in [0.4, 0.5) is 5.69 Å². The van der Waals surface area contributed by atoms with Crippen molar-refractivity contribution < 1.29 is 14.3 Å². The van der Waals surface area contributed by atoms with Crippen LogP contribution < -0.4 is 15.0 Å². The van der Waals surface area contributed by atoms with Crippen molar-refractivity contribution in [2.24, 2.45) is 0 Å². The van der Waals surface area contributed by atoms with Gasteiger partial charge in [-0.2, -0.15) is 0 Å². The standard InChI is InChI=1S/C22H28N2O3/c1-17(25)24(19-12-10-18(11-13-19)22(2,3)4)15-14-23-21(26)16-27-20-8-6-5-7-9-20/h5-13H,14-16H2,1-4H3,(H,23,26). The molecule has 0 saturated carbocycles. The number of benzene rings is 2. The van der Waals surface area contributed by atoms with Gasteiger partial charge >= 0.3 is 0 Å². The van der Waals surface area contributed by atoms with Crippen LogP contribution in [0.25, 0.3) is 0 Å². The third-order valence-electron chi connectivity index (χ3n) is 4.20. The highest BCUT2D eigenvalue weighted by molar-refractivity contribution is 5.91. The number of amides is 2. The van der Waals surface area contributed by atoms with Gasteiger partial charge in [0, 0.05) is 25.7 Å². The Balaban J connectivity index is 1.85. The molecule has 2 amide bonds. The first-order chi connectivity index (χ1) is 12.8. The van der Waals surface area contributed by atoms with Crippen molar-refractivity contribution >= 4 is 17.5 Å². The summed E-state index contributed by atoms with van der Waals surface area (Å²) in [6, 6.07) is 17.2. The minimum absolute atomic E-state index is 0.0512. The van der Waals surface area contributed by atoms with E-state index < -0.39 is 0 Å². The molecule has 5 nitrogen and oxygen atoms in total. The average molecular weight is 368 g/mol. The molecule has 144 valence electrons. The second-order valence-corrected chi connectivity index (χ2v) is 7.42. The Morgan fingerprint density at radius 3 is 2.19 bits per heavy atom. The van der Waals surface area contributed by atoms with Crippen molar-refractivity contribution in [3.05, 3.63) is 60.2 Å². The van der Waals surface area contributed by atoms with Crippen LogP contribution >= 0.6 is 0 Å². The van der Waals surface area contributed by atoms with Crippen LogP contribution in [0.15, 0.2) is 54.6 Å². The van der Waals surface area contributed by atoms with Crippen molar-refractivity contribution in [3.8, 4) is 5.75 Å². The van der Waals surface area contributed by atoms with Crippen LogP contribution in [0.1, 0.15) is 33.3 Å². The van der Waals surface area contributed by atoms with E-state index in [-0.39, 0.29) is 23.8 Å². The van der Waals surface area contributed by atoms with E-state index in [2.05, 4.69) is 26.1 Å². The van der Waals surface area contributed by atoms with E-state index in [4.69, 9.17) is 4.74 Å². The van der Waals surface area contributed by atoms with Gasteiger partial charge in [-0.25, -0.2) is 0 Å². The zero-order chi connectivity index (χ0) is 19.9. The van der Waals surface area contributed by atoms with E-state index in [1.165, 1.54) is 12.5 Å². The third-order valence-corrected chi connectivity index (χ3v) is 4.20. The Labute approximate surface area is 161 Å². The molecular formula is C22H28N2O3. The summed E-state index contributed by atoms with van der Waals surface area (Å²) in [5.41, 5.74) is 2.10. The zero-order valence-corrected chi connectivity index (χ0v) is 16.5. The Morgan fingerprint density at radius 1 is 1.00 bits per heavy atom. The fourth-order valence-electron chi connectivity index (χ4n) is 2.63. The van der Waals surface area contributed by atoms with E-state index in [9.17, 15) is 9.59 Å². The van der Waals surface area contributed by atoms with E-state index in [0.717, 1.165) is 5.69 Å². The highest BCUT2D eigenvalue weighted by Gasteiger charge is 2.16. The van der Waals surface area contributed by atoms with Crippen molar-refractivity contribution in [2.75, 3.05) is 24.6 Å². The Hall–Kier alpha value is -2.82. The highest BCUT2D eigenvalue weighted by Crippen LogP contribution is 2.24. The lowest BCUT2D eigenvalue weighted by Crippen LogP contribution is -2.39. The monoisotopic (exact) mass is 368 g/mol. The minimum atomic E-state index is -0.217. The van der Waals surface area contributed by atoms with Crippen molar-refractivity contribution in [1.29, 1.82) is 0 Å². The molecule has 2 aromatic rings. The molecule has 0 unspecified atom stereocenters. The first-order valence-corrected chi connectivity index (χ1v) is 9.10. The normalized spacial score (nSPS) is 11.0. The maximum atomic E-state index is 12.0. The smallest absolute Gasteiger partial charge is 0.258 e. The number of hydrogen-bond acceptors (Lipinski definition) is 3. The fraction of sp³-hybridized carbons (Fsp3) is 0.364. The van der Waals surface area contributed by atoms with Gasteiger partial charge in [0.15, 0.2) is 6.61 Å². The van der Waals surface area contributed by atoms with Gasteiger partial charge < -0.3 is 15.0 Å². The molecule has 0 spiro atoms. The van der Waals surface area contributed by atoms with E-state index in [0.29, 0.717) is 18.8 Å². The number of hydrogen-bond donors (Lipinski definition) is 1. The van der Waals surface area contributed by atoms with E-state index in [1.807, 2.05) is 42.5 Å². The predicted octanol–water partition coefficient (Wildman–Crippen LogP) is 3.53. The number of ether oxygens (including phenoxy) is 1. The zero-order valence-electron chi connectivity index (χ0n) is 16.5. The Bertz CT molecular complexity index is 749. The molecule has 27 heavy (non-hydrogen) atoms. The minimum Gasteiger partial charge on any atom is -0.484 e. The molecule has 0 aliphatic heterocycles. The van der Waals surface area contributed by atoms with Gasteiger partial charge in [0.25, 0.3) is 5.91 Å². The molecule has 0 atom stereocenters. The number of para-hydroxylation sites is 1. The summed E-state index contributed by atoms with van der Waals surface area (Å²) in [6.45, 7) is 8.69. The molecule has 0 bridgehead atoms. The lowest BCUT2D eigenvalue weighted by Gasteiger charge is -2.24. The van der Waals surface area contributed by atoms with Gasteiger partial charge in [0.2, 0.25) is 5.91 Å². The first kappa shape index (κ1) is 20.5. The predicted molar refractivity (Wildman–Crippen MR) is 108 cm³/mol. The van der Waals surface area contributed by atoms with Crippen LogP contribution in [0.3, 0.4) is 0 Å². The number of carbonyl (C=O) groups is 2. The molecule has 5 heteroatoms. The van der Waals surface area contributed by atoms with Crippen molar-refractivity contribution in [1.82, 2.24) is 5.32 Å². The summed E-state index contributed by atoms with van der Waals surface area (Å²) in [5, 5.41) is 2.79. The van der Waals surface area contributed by atoms with Crippen LogP contribution in [-0.4, -0.2) is 31.5 Å². The van der Waals surface area contributed by atoms with Gasteiger partial charge in [-0.15, -0.1) is 0 Å². The lowest BCUT2D eigenvalue weighted by atomic mass is 9.87. The van der Waals surface area contributed by atoms with Gasteiger partial charge in [0.05, 0.1) is 0 Å². The van der Waals surface area contributed by atoms with E-state index >= 15 is 0 Å². The largest absolute Gasteiger partial charge is 0.484 e. The van der Waals surface area contributed by atoms with Gasteiger partial charge in [-0.3, -0.25) is 9.59 Å². The summed E-state index contributed by atoms with van der Waals surface area (Å²) in [7, 11) is 0. The second kappa shape index (κ2) is 9.21. The maximum absolute atomic E-state index is 12.0. The van der Waals surface area contributed by atoms with Gasteiger partial charge in [-0.05, 0) is 35.2 Å². The second-order valence-electron chi connectivity index (χ2n) is 7.42. The van der Waals surface area contributed by atoms with Crippen LogP contribution in [0.5, 0.6) is 5.75 Å². The first-order valence-electron chi connectivity index (χ1n) is 9.10. The number of carbonyl (C=O) groups excluding carboxylic acids is 2. The topological polar surface area (TPSA) is 58.6 Å². The van der Waals surface area contributed by atoms with Gasteiger partial charge in [0.1, 0.15) is 5.75 Å². The molecular weight excluding hydrogens is 340 g/mol. The van der Waals surface area contributed by atoms with E-state index in [1.54, 1.807) is 17.0 Å². The van der Waals surface area contributed by atoms with Crippen molar-refractivity contribution in [2.45, 2.75) is 33.1 Å². The SMILES string of the molecule is CC(=O)N(CCNC(=O)COc1ccccc1)c1ccc(C(C)(C)C)cc1. The Kier molecular flexibility index (Phi) is 6.99. The summed E-state index contributed by atoms with van der Waals surface area (Å²) in [6.07, 6.45) is 0. The van der Waals surface area contributed by atoms with Crippen LogP contribution in [0, 0.1) is 0 Å². The molecule has 0 aliphatic carbocycles. The quantitative estimate of drug-likeness (QED) is 0.813. The molecule has 0 radical (unpaired) electrons. The molecule has 0 aliphatic rings. The summed E-state index contributed by atoms with van der Waals surface area (Å²) < 4.78 is 5.41. The summed E-state index contributed by atoms with van der Waals surface area (Å²) >= 11 is 0. The average Bonchev–Trinajstić information content (AvgIpc) is 2.63. The fourth-order valence-corrected chi connectivity index (χ4v) is 2.63. The van der Waals surface area contributed by atoms with Gasteiger partial charge in [-0.1, -0.05) is 51.1 Å². The number of anilines is 1. The molecule has 1 N–H and O–H groups in total. The molecule has 0 fully saturated rings. The molecule has 0 saturated heterocycles. The highest BCUT2D eigenvalue weighted by atomic mass is 16.5. The maximum Gasteiger partial charge on any atom is 0.258 e. The summed E-state index contributed by atoms with van der Waals surface area (Å²) in [5.74, 6) is 0.371. The number of rotatable bonds is 7. The van der Waals surface area contributed by atoms with Crippen LogP contribution in [0.2, 0.25) is 0 Å². The number of nitrogens with zero attached hydrogens (tertiary/aromatic N) is 1.